The number of hydrogen-bond acceptors (Lipinski definition) is 6. The number of amides is 2. The van der Waals surface area contributed by atoms with Crippen LogP contribution in [0.5, 0.6) is 0 Å². The second-order valence-corrected chi connectivity index (χ2v) is 7.52. The van der Waals surface area contributed by atoms with Crippen molar-refractivity contribution in [3.8, 4) is 0 Å². The molecule has 1 saturated carbocycles. The highest BCUT2D eigenvalue weighted by atomic mass is 16.5. The molecule has 8 heteroatoms. The second kappa shape index (κ2) is 6.83. The number of carbonyl (C=O) groups is 3. The monoisotopic (exact) mass is 361 g/mol. The van der Waals surface area contributed by atoms with E-state index in [9.17, 15) is 14.4 Å². The lowest BCUT2D eigenvalue weighted by atomic mass is 9.96. The van der Waals surface area contributed by atoms with E-state index >= 15 is 0 Å². The first-order chi connectivity index (χ1) is 12.6. The van der Waals surface area contributed by atoms with Crippen LogP contribution < -0.4 is 5.32 Å². The van der Waals surface area contributed by atoms with E-state index in [1.807, 2.05) is 6.92 Å². The highest BCUT2D eigenvalue weighted by Gasteiger charge is 2.52. The first-order valence-electron chi connectivity index (χ1n) is 9.20. The molecule has 0 radical (unpaired) electrons. The second-order valence-electron chi connectivity index (χ2n) is 7.52. The van der Waals surface area contributed by atoms with E-state index < -0.39 is 18.0 Å². The van der Waals surface area contributed by atoms with Gasteiger partial charge in [0, 0.05) is 12.5 Å². The lowest BCUT2D eigenvalue weighted by molar-refractivity contribution is -0.139. The number of nitrogens with zero attached hydrogens (tertiary/aromatic N) is 2. The third-order valence-corrected chi connectivity index (χ3v) is 5.80. The summed E-state index contributed by atoms with van der Waals surface area (Å²) in [4.78, 5) is 43.4. The van der Waals surface area contributed by atoms with Gasteiger partial charge in [0.2, 0.25) is 11.7 Å². The first kappa shape index (κ1) is 17.2. The number of ether oxygens (including phenoxy) is 1. The number of likely N-dealkylation sites (tertiary alicyclic amines) is 1. The third-order valence-electron chi connectivity index (χ3n) is 5.80. The van der Waals surface area contributed by atoms with E-state index in [1.165, 1.54) is 12.6 Å². The number of fused-ring (bicyclic) bond motifs is 1. The van der Waals surface area contributed by atoms with Gasteiger partial charge in [0.25, 0.3) is 5.91 Å². The van der Waals surface area contributed by atoms with Gasteiger partial charge < -0.3 is 19.4 Å². The summed E-state index contributed by atoms with van der Waals surface area (Å²) in [7, 11) is 0. The number of oxazole rings is 1. The van der Waals surface area contributed by atoms with Crippen LogP contribution in [0.3, 0.4) is 0 Å². The topological polar surface area (TPSA) is 102 Å². The van der Waals surface area contributed by atoms with Gasteiger partial charge in [-0.05, 0) is 18.8 Å². The first-order valence-corrected chi connectivity index (χ1v) is 9.20. The van der Waals surface area contributed by atoms with Crippen molar-refractivity contribution in [1.82, 2.24) is 15.2 Å². The van der Waals surface area contributed by atoms with Crippen LogP contribution in [0.15, 0.2) is 17.0 Å². The van der Waals surface area contributed by atoms with Crippen LogP contribution in [0.25, 0.3) is 0 Å². The maximum Gasteiger partial charge on any atom is 0.289 e. The van der Waals surface area contributed by atoms with Gasteiger partial charge in [-0.1, -0.05) is 19.8 Å². The molecule has 2 saturated heterocycles. The number of nitrogens with one attached hydrogen (secondary N) is 1. The molecule has 140 valence electrons. The molecule has 3 aliphatic rings. The highest BCUT2D eigenvalue weighted by molar-refractivity contribution is 5.98. The molecule has 4 atom stereocenters. The Bertz CT molecular complexity index is 698. The molecule has 2 aliphatic heterocycles. The van der Waals surface area contributed by atoms with Gasteiger partial charge in [-0.3, -0.25) is 14.4 Å². The number of ketones is 1. The summed E-state index contributed by atoms with van der Waals surface area (Å²) in [6, 6.07) is -1.18. The Morgan fingerprint density at radius 1 is 1.35 bits per heavy atom. The molecule has 0 aromatic carbocycles. The minimum absolute atomic E-state index is 0.0561. The molecular formula is C18H23N3O5. The van der Waals surface area contributed by atoms with Gasteiger partial charge >= 0.3 is 0 Å². The Labute approximate surface area is 151 Å². The zero-order chi connectivity index (χ0) is 18.3. The van der Waals surface area contributed by atoms with Crippen molar-refractivity contribution in [2.75, 3.05) is 13.2 Å². The molecule has 3 fully saturated rings. The average Bonchev–Trinajstić information content (AvgIpc) is 3.40. The van der Waals surface area contributed by atoms with Gasteiger partial charge in [-0.25, -0.2) is 4.98 Å². The molecule has 1 aromatic heterocycles. The van der Waals surface area contributed by atoms with Crippen molar-refractivity contribution in [2.24, 2.45) is 11.8 Å². The molecule has 2 amide bonds. The van der Waals surface area contributed by atoms with E-state index in [4.69, 9.17) is 9.15 Å². The Morgan fingerprint density at radius 3 is 2.81 bits per heavy atom. The predicted molar refractivity (Wildman–Crippen MR) is 89.1 cm³/mol. The molecule has 4 rings (SSSR count). The minimum atomic E-state index is -0.658. The van der Waals surface area contributed by atoms with Crippen LogP contribution >= 0.6 is 0 Å². The molecule has 8 nitrogen and oxygen atoms in total. The third kappa shape index (κ3) is 2.92. The van der Waals surface area contributed by atoms with E-state index in [0.29, 0.717) is 6.54 Å². The van der Waals surface area contributed by atoms with Gasteiger partial charge in [-0.15, -0.1) is 0 Å². The van der Waals surface area contributed by atoms with E-state index in [-0.39, 0.29) is 42.0 Å². The van der Waals surface area contributed by atoms with Gasteiger partial charge in [-0.2, -0.15) is 0 Å². The summed E-state index contributed by atoms with van der Waals surface area (Å²) in [6.45, 7) is 2.52. The number of aromatic nitrogens is 1. The smallest absolute Gasteiger partial charge is 0.289 e. The van der Waals surface area contributed by atoms with Crippen molar-refractivity contribution in [3.63, 3.8) is 0 Å². The fraction of sp³-hybridized carbons (Fsp3) is 0.667. The van der Waals surface area contributed by atoms with Gasteiger partial charge in [0.05, 0.1) is 12.3 Å². The molecule has 1 N–H and O–H groups in total. The Hall–Kier alpha value is -2.22. The lowest BCUT2D eigenvalue weighted by Gasteiger charge is -2.30. The van der Waals surface area contributed by atoms with Crippen LogP contribution in [0.2, 0.25) is 0 Å². The predicted octanol–water partition coefficient (Wildman–Crippen LogP) is 0.778. The number of rotatable bonds is 4. The highest BCUT2D eigenvalue weighted by Crippen LogP contribution is 2.34. The minimum Gasteiger partial charge on any atom is -0.438 e. The zero-order valence-corrected chi connectivity index (χ0v) is 14.7. The van der Waals surface area contributed by atoms with Gasteiger partial charge in [0.1, 0.15) is 18.7 Å². The maximum atomic E-state index is 13.3. The van der Waals surface area contributed by atoms with Crippen LogP contribution in [-0.2, 0) is 14.3 Å². The summed E-state index contributed by atoms with van der Waals surface area (Å²) in [5.41, 5.74) is 0. The van der Waals surface area contributed by atoms with Crippen LogP contribution in [-0.4, -0.2) is 58.8 Å². The van der Waals surface area contributed by atoms with Crippen molar-refractivity contribution < 1.29 is 23.5 Å². The SMILES string of the molecule is C[C@H]1CN(C(=O)[C@@H](NC(=O)c2cnco2)C2CCCC2)[C@@H]2C(=O)CO[C@@H]21. The Balaban J connectivity index is 1.56. The summed E-state index contributed by atoms with van der Waals surface area (Å²) < 4.78 is 10.6. The molecule has 1 aliphatic carbocycles. The van der Waals surface area contributed by atoms with Crippen molar-refractivity contribution >= 4 is 17.6 Å². The summed E-state index contributed by atoms with van der Waals surface area (Å²) >= 11 is 0. The Kier molecular flexibility index (Phi) is 4.52. The van der Waals surface area contributed by atoms with Gasteiger partial charge in [0.15, 0.2) is 12.2 Å². The fourth-order valence-corrected chi connectivity index (χ4v) is 4.51. The van der Waals surface area contributed by atoms with Crippen molar-refractivity contribution in [2.45, 2.75) is 50.8 Å². The molecule has 0 spiro atoms. The number of Topliss-reactive ketones (excluding diaryl/α,β-unsaturated/α-hetero) is 1. The molecular weight excluding hydrogens is 338 g/mol. The largest absolute Gasteiger partial charge is 0.438 e. The number of carbonyl (C=O) groups excluding carboxylic acids is 3. The molecule has 0 bridgehead atoms. The summed E-state index contributed by atoms with van der Waals surface area (Å²) in [5, 5.41) is 2.83. The molecule has 3 heterocycles. The summed E-state index contributed by atoms with van der Waals surface area (Å²) in [5.74, 6) is -0.451. The zero-order valence-electron chi connectivity index (χ0n) is 14.7. The van der Waals surface area contributed by atoms with Crippen LogP contribution in [0, 0.1) is 11.8 Å². The maximum absolute atomic E-state index is 13.3. The normalized spacial score (nSPS) is 29.8. The van der Waals surface area contributed by atoms with Crippen molar-refractivity contribution in [1.29, 1.82) is 0 Å². The van der Waals surface area contributed by atoms with E-state index in [0.717, 1.165) is 25.7 Å². The molecule has 26 heavy (non-hydrogen) atoms. The quantitative estimate of drug-likeness (QED) is 0.850. The average molecular weight is 361 g/mol. The van der Waals surface area contributed by atoms with Crippen LogP contribution in [0.1, 0.15) is 43.2 Å². The summed E-state index contributed by atoms with van der Waals surface area (Å²) in [6.07, 6.45) is 6.12. The standard InChI is InChI=1S/C18H23N3O5/c1-10-7-21(15-12(22)8-25-16(10)15)18(24)14(11-4-2-3-5-11)20-17(23)13-6-19-9-26-13/h6,9-11,14-16H,2-5,7-8H2,1H3,(H,20,23)/t10-,14-,15+,16+/m0/s1. The molecule has 0 unspecified atom stereocenters. The van der Waals surface area contributed by atoms with E-state index in [2.05, 4.69) is 10.3 Å². The fourth-order valence-electron chi connectivity index (χ4n) is 4.51. The van der Waals surface area contributed by atoms with Crippen molar-refractivity contribution in [3.05, 3.63) is 18.4 Å². The van der Waals surface area contributed by atoms with Crippen LogP contribution in [0.4, 0.5) is 0 Å². The molecule has 1 aromatic rings. The van der Waals surface area contributed by atoms with E-state index in [1.54, 1.807) is 4.90 Å². The lowest BCUT2D eigenvalue weighted by Crippen LogP contribution is -2.54. The Morgan fingerprint density at radius 2 is 2.12 bits per heavy atom. The number of hydrogen-bond donors (Lipinski definition) is 1.